The van der Waals surface area contributed by atoms with E-state index in [1.54, 1.807) is 36.4 Å². The highest BCUT2D eigenvalue weighted by molar-refractivity contribution is 6.39. The van der Waals surface area contributed by atoms with Crippen molar-refractivity contribution in [2.24, 2.45) is 0 Å². The molecule has 0 amide bonds. The molecule has 0 bridgehead atoms. The minimum Gasteiger partial charge on any atom is -0.468 e. The van der Waals surface area contributed by atoms with E-state index in [2.05, 4.69) is 10.1 Å². The Labute approximate surface area is 262 Å². The van der Waals surface area contributed by atoms with E-state index in [1.807, 2.05) is 59.3 Å². The lowest BCUT2D eigenvalue weighted by molar-refractivity contribution is -0.139. The second-order valence-electron chi connectivity index (χ2n) is 9.87. The first-order valence-electron chi connectivity index (χ1n) is 13.5. The van der Waals surface area contributed by atoms with Crippen molar-refractivity contribution < 1.29 is 22.7 Å². The van der Waals surface area contributed by atoms with Crippen molar-refractivity contribution in [3.63, 3.8) is 0 Å². The summed E-state index contributed by atoms with van der Waals surface area (Å²) >= 11 is 13.0. The van der Waals surface area contributed by atoms with Crippen LogP contribution in [0.25, 0.3) is 34.5 Å². The third-order valence-corrected chi connectivity index (χ3v) is 7.49. The second kappa shape index (κ2) is 13.4. The van der Waals surface area contributed by atoms with Gasteiger partial charge in [0.05, 0.1) is 28.4 Å². The van der Waals surface area contributed by atoms with Crippen molar-refractivity contribution in [1.82, 2.24) is 9.55 Å². The Hall–Kier alpha value is -4.53. The molecule has 0 aliphatic heterocycles. The van der Waals surface area contributed by atoms with Gasteiger partial charge in [0.1, 0.15) is 12.4 Å². The molecule has 0 atom stereocenters. The first-order valence-corrected chi connectivity index (χ1v) is 14.2. The fourth-order valence-corrected chi connectivity index (χ4v) is 5.15. The first-order chi connectivity index (χ1) is 21.1. The van der Waals surface area contributed by atoms with Crippen LogP contribution in [0.1, 0.15) is 22.5 Å². The zero-order valence-corrected chi connectivity index (χ0v) is 24.9. The predicted octanol–water partition coefficient (Wildman–Crippen LogP) is 9.35. The SMILES string of the molecule is COC(=O)CNc1ccc(Cn2cc(-c3c(Cl)cccc3Cl)nc2C=Cc2ccc(-c3cccc(C(F)(F)F)c3)cc2)cc1. The van der Waals surface area contributed by atoms with E-state index in [0.717, 1.165) is 28.9 Å². The minimum atomic E-state index is -4.41. The summed E-state index contributed by atoms with van der Waals surface area (Å²) in [6.45, 7) is 0.551. The monoisotopic (exact) mass is 635 g/mol. The van der Waals surface area contributed by atoms with Crippen LogP contribution in [0.3, 0.4) is 0 Å². The van der Waals surface area contributed by atoms with E-state index in [-0.39, 0.29) is 12.5 Å². The van der Waals surface area contributed by atoms with E-state index in [9.17, 15) is 18.0 Å². The maximum absolute atomic E-state index is 13.2. The molecule has 0 aliphatic carbocycles. The smallest absolute Gasteiger partial charge is 0.416 e. The number of nitrogens with one attached hydrogen (secondary N) is 1. The van der Waals surface area contributed by atoms with Gasteiger partial charge in [0, 0.05) is 24.0 Å². The maximum atomic E-state index is 13.2. The molecule has 44 heavy (non-hydrogen) atoms. The van der Waals surface area contributed by atoms with Crippen LogP contribution in [0.15, 0.2) is 97.2 Å². The molecule has 0 spiro atoms. The van der Waals surface area contributed by atoms with Crippen LogP contribution in [0.4, 0.5) is 18.9 Å². The minimum absolute atomic E-state index is 0.0647. The summed E-state index contributed by atoms with van der Waals surface area (Å²) in [7, 11) is 1.34. The third kappa shape index (κ3) is 7.51. The van der Waals surface area contributed by atoms with Crippen LogP contribution in [0.5, 0.6) is 0 Å². The molecule has 0 fully saturated rings. The summed E-state index contributed by atoms with van der Waals surface area (Å²) in [6.07, 6.45) is 1.22. The summed E-state index contributed by atoms with van der Waals surface area (Å²) in [5, 5.41) is 3.97. The Morgan fingerprint density at radius 2 is 1.59 bits per heavy atom. The molecule has 5 nitrogen and oxygen atoms in total. The zero-order chi connectivity index (χ0) is 31.3. The topological polar surface area (TPSA) is 56.1 Å². The summed E-state index contributed by atoms with van der Waals surface area (Å²) in [5.74, 6) is 0.283. The normalized spacial score (nSPS) is 11.6. The van der Waals surface area contributed by atoms with Crippen molar-refractivity contribution in [1.29, 1.82) is 0 Å². The van der Waals surface area contributed by atoms with Gasteiger partial charge in [-0.3, -0.25) is 4.79 Å². The van der Waals surface area contributed by atoms with Gasteiger partial charge in [-0.1, -0.05) is 83.9 Å². The molecule has 1 aromatic heterocycles. The number of anilines is 1. The molecule has 0 saturated carbocycles. The molecule has 4 aromatic carbocycles. The van der Waals surface area contributed by atoms with Gasteiger partial charge in [0.25, 0.3) is 0 Å². The van der Waals surface area contributed by atoms with Gasteiger partial charge < -0.3 is 14.6 Å². The van der Waals surface area contributed by atoms with Gasteiger partial charge in [-0.05, 0) is 64.7 Å². The Bertz CT molecular complexity index is 1780. The fraction of sp³-hybridized carbons (Fsp3) is 0.118. The first kappa shape index (κ1) is 30.9. The van der Waals surface area contributed by atoms with Crippen molar-refractivity contribution >= 4 is 47.0 Å². The number of carbonyl (C=O) groups is 1. The van der Waals surface area contributed by atoms with E-state index in [0.29, 0.717) is 44.8 Å². The highest BCUT2D eigenvalue weighted by Gasteiger charge is 2.30. The number of ether oxygens (including phenoxy) is 1. The summed E-state index contributed by atoms with van der Waals surface area (Å²) < 4.78 is 46.2. The molecule has 10 heteroatoms. The Kier molecular flexibility index (Phi) is 9.42. The number of imidazole rings is 1. The van der Waals surface area contributed by atoms with Gasteiger partial charge >= 0.3 is 12.1 Å². The Morgan fingerprint density at radius 3 is 2.25 bits per heavy atom. The van der Waals surface area contributed by atoms with Crippen LogP contribution < -0.4 is 5.32 Å². The zero-order valence-electron chi connectivity index (χ0n) is 23.4. The number of rotatable bonds is 9. The van der Waals surface area contributed by atoms with Gasteiger partial charge in [-0.15, -0.1) is 0 Å². The average Bonchev–Trinajstić information content (AvgIpc) is 3.41. The van der Waals surface area contributed by atoms with Crippen molar-refractivity contribution in [2.45, 2.75) is 12.7 Å². The van der Waals surface area contributed by atoms with Gasteiger partial charge in [-0.25, -0.2) is 4.98 Å². The van der Waals surface area contributed by atoms with Crippen LogP contribution in [-0.2, 0) is 22.3 Å². The lowest BCUT2D eigenvalue weighted by atomic mass is 10.0. The number of hydrogen-bond acceptors (Lipinski definition) is 4. The molecule has 5 aromatic rings. The number of benzene rings is 4. The second-order valence-corrected chi connectivity index (χ2v) is 10.7. The van der Waals surface area contributed by atoms with Crippen LogP contribution in [0, 0.1) is 0 Å². The molecule has 0 saturated heterocycles. The molecule has 0 aliphatic rings. The molecule has 1 heterocycles. The number of nitrogens with zero attached hydrogens (tertiary/aromatic N) is 2. The standard InChI is InChI=1S/C34H26Cl2F3N3O2/c1-44-32(43)19-40-27-15-10-23(11-16-27)20-42-21-30(33-28(35)6-3-7-29(33)36)41-31(42)17-12-22-8-13-24(14-9-22)25-4-2-5-26(18-25)34(37,38)39/h2-18,21,40H,19-20H2,1H3. The van der Waals surface area contributed by atoms with Crippen LogP contribution >= 0.6 is 23.2 Å². The predicted molar refractivity (Wildman–Crippen MR) is 170 cm³/mol. The number of aromatic nitrogens is 2. The third-order valence-electron chi connectivity index (χ3n) is 6.86. The molecule has 224 valence electrons. The van der Waals surface area contributed by atoms with Crippen molar-refractivity contribution in [3.05, 3.63) is 130 Å². The Balaban J connectivity index is 1.41. The summed E-state index contributed by atoms with van der Waals surface area (Å²) in [4.78, 5) is 16.3. The van der Waals surface area contributed by atoms with E-state index < -0.39 is 11.7 Å². The lowest BCUT2D eigenvalue weighted by Crippen LogP contribution is -2.14. The molecule has 0 unspecified atom stereocenters. The number of esters is 1. The van der Waals surface area contributed by atoms with Gasteiger partial charge in [0.15, 0.2) is 0 Å². The molecule has 5 rings (SSSR count). The summed E-state index contributed by atoms with van der Waals surface area (Å²) in [6, 6.07) is 25.4. The maximum Gasteiger partial charge on any atom is 0.416 e. The molecule has 0 radical (unpaired) electrons. The highest BCUT2D eigenvalue weighted by atomic mass is 35.5. The van der Waals surface area contributed by atoms with E-state index >= 15 is 0 Å². The van der Waals surface area contributed by atoms with E-state index in [4.69, 9.17) is 28.2 Å². The molecule has 1 N–H and O–H groups in total. The molecular formula is C34H26Cl2F3N3O2. The lowest BCUT2D eigenvalue weighted by Gasteiger charge is -2.09. The van der Waals surface area contributed by atoms with Crippen LogP contribution in [-0.4, -0.2) is 29.2 Å². The quantitative estimate of drug-likeness (QED) is 0.164. The van der Waals surface area contributed by atoms with Crippen molar-refractivity contribution in [3.8, 4) is 22.4 Å². The fourth-order valence-electron chi connectivity index (χ4n) is 4.56. The van der Waals surface area contributed by atoms with E-state index in [1.165, 1.54) is 13.2 Å². The number of hydrogen-bond donors (Lipinski definition) is 1. The summed E-state index contributed by atoms with van der Waals surface area (Å²) in [5.41, 5.74) is 4.31. The number of carbonyl (C=O) groups excluding carboxylic acids is 1. The average molecular weight is 637 g/mol. The molecular weight excluding hydrogens is 610 g/mol. The Morgan fingerprint density at radius 1 is 0.909 bits per heavy atom. The number of methoxy groups -OCH3 is 1. The van der Waals surface area contributed by atoms with Gasteiger partial charge in [-0.2, -0.15) is 13.2 Å². The van der Waals surface area contributed by atoms with Crippen LogP contribution in [0.2, 0.25) is 10.0 Å². The van der Waals surface area contributed by atoms with Gasteiger partial charge in [0.2, 0.25) is 0 Å². The highest BCUT2D eigenvalue weighted by Crippen LogP contribution is 2.35. The largest absolute Gasteiger partial charge is 0.468 e. The van der Waals surface area contributed by atoms with Crippen molar-refractivity contribution in [2.75, 3.05) is 19.0 Å². The number of halogens is 5. The number of alkyl halides is 3.